The van der Waals surface area contributed by atoms with Crippen molar-refractivity contribution in [2.75, 3.05) is 19.6 Å². The van der Waals surface area contributed by atoms with E-state index in [1.54, 1.807) is 4.31 Å². The van der Waals surface area contributed by atoms with Gasteiger partial charge in [0.1, 0.15) is 0 Å². The molecule has 100 valence electrons. The fourth-order valence-electron chi connectivity index (χ4n) is 1.98. The number of hydrogen-bond donors (Lipinski definition) is 1. The van der Waals surface area contributed by atoms with E-state index in [1.807, 2.05) is 13.8 Å². The normalized spacial score (nSPS) is 23.0. The number of nitrogens with zero attached hydrogens (tertiary/aromatic N) is 1. The lowest BCUT2D eigenvalue weighted by Gasteiger charge is -2.24. The first kappa shape index (κ1) is 13.3. The van der Waals surface area contributed by atoms with E-state index in [4.69, 9.17) is 0 Å². The molecule has 17 heavy (non-hydrogen) atoms. The second-order valence-electron chi connectivity index (χ2n) is 5.43. The molecule has 0 bridgehead atoms. The van der Waals surface area contributed by atoms with Gasteiger partial charge in [-0.3, -0.25) is 0 Å². The third-order valence-electron chi connectivity index (χ3n) is 3.65. The van der Waals surface area contributed by atoms with Crippen LogP contribution in [-0.2, 0) is 10.0 Å². The van der Waals surface area contributed by atoms with Crippen LogP contribution in [0.5, 0.6) is 0 Å². The molecule has 1 atom stereocenters. The van der Waals surface area contributed by atoms with Gasteiger partial charge in [-0.1, -0.05) is 6.92 Å². The standard InChI is InChI=1S/C12H24N2O2S/c1-3-14(9-11-4-5-11)17(15,16)10(2)8-13-12-6-7-12/h10-13H,3-9H2,1-2H3. The van der Waals surface area contributed by atoms with Crippen LogP contribution in [0.25, 0.3) is 0 Å². The summed E-state index contributed by atoms with van der Waals surface area (Å²) in [5.41, 5.74) is 0. The molecule has 2 aliphatic carbocycles. The zero-order valence-electron chi connectivity index (χ0n) is 10.9. The second-order valence-corrected chi connectivity index (χ2v) is 7.78. The van der Waals surface area contributed by atoms with Crippen LogP contribution in [0.15, 0.2) is 0 Å². The average Bonchev–Trinajstić information content (AvgIpc) is 3.15. The first-order valence-corrected chi connectivity index (χ1v) is 8.26. The Morgan fingerprint density at radius 3 is 2.41 bits per heavy atom. The van der Waals surface area contributed by atoms with Gasteiger partial charge in [-0.15, -0.1) is 0 Å². The van der Waals surface area contributed by atoms with Gasteiger partial charge in [0, 0.05) is 25.7 Å². The molecule has 2 saturated carbocycles. The van der Waals surface area contributed by atoms with Crippen molar-refractivity contribution in [3.8, 4) is 0 Å². The number of hydrogen-bond acceptors (Lipinski definition) is 3. The molecular formula is C12H24N2O2S. The summed E-state index contributed by atoms with van der Waals surface area (Å²) in [7, 11) is -3.10. The summed E-state index contributed by atoms with van der Waals surface area (Å²) >= 11 is 0. The van der Waals surface area contributed by atoms with Crippen LogP contribution < -0.4 is 5.32 Å². The summed E-state index contributed by atoms with van der Waals surface area (Å²) in [4.78, 5) is 0. The highest BCUT2D eigenvalue weighted by atomic mass is 32.2. The SMILES string of the molecule is CCN(CC1CC1)S(=O)(=O)C(C)CNC1CC1. The minimum atomic E-state index is -3.10. The summed E-state index contributed by atoms with van der Waals surface area (Å²) in [6.07, 6.45) is 4.79. The Hall–Kier alpha value is -0.130. The van der Waals surface area contributed by atoms with Gasteiger partial charge in [0.25, 0.3) is 0 Å². The van der Waals surface area contributed by atoms with E-state index in [-0.39, 0.29) is 5.25 Å². The van der Waals surface area contributed by atoms with Crippen LogP contribution in [0.1, 0.15) is 39.5 Å². The molecule has 0 radical (unpaired) electrons. The van der Waals surface area contributed by atoms with E-state index in [2.05, 4.69) is 5.32 Å². The monoisotopic (exact) mass is 260 g/mol. The molecule has 2 rings (SSSR count). The van der Waals surface area contributed by atoms with Gasteiger partial charge < -0.3 is 5.32 Å². The van der Waals surface area contributed by atoms with Gasteiger partial charge in [-0.2, -0.15) is 0 Å². The number of rotatable bonds is 8. The van der Waals surface area contributed by atoms with Crippen molar-refractivity contribution < 1.29 is 8.42 Å². The summed E-state index contributed by atoms with van der Waals surface area (Å²) in [6, 6.07) is 0.575. The van der Waals surface area contributed by atoms with Crippen molar-refractivity contribution in [2.24, 2.45) is 5.92 Å². The molecule has 0 aliphatic heterocycles. The predicted octanol–water partition coefficient (Wildman–Crippen LogP) is 1.19. The van der Waals surface area contributed by atoms with E-state index in [1.165, 1.54) is 25.7 Å². The van der Waals surface area contributed by atoms with Crippen molar-refractivity contribution >= 4 is 10.0 Å². The first-order valence-electron chi connectivity index (χ1n) is 6.76. The lowest BCUT2D eigenvalue weighted by Crippen LogP contribution is -2.43. The van der Waals surface area contributed by atoms with Crippen molar-refractivity contribution in [1.82, 2.24) is 9.62 Å². The Bertz CT molecular complexity index is 348. The Balaban J connectivity index is 1.87. The Labute approximate surface area is 105 Å². The fraction of sp³-hybridized carbons (Fsp3) is 1.00. The van der Waals surface area contributed by atoms with Gasteiger partial charge in [-0.25, -0.2) is 12.7 Å². The maximum absolute atomic E-state index is 12.3. The van der Waals surface area contributed by atoms with Crippen LogP contribution in [0.2, 0.25) is 0 Å². The molecular weight excluding hydrogens is 236 g/mol. The molecule has 4 nitrogen and oxygen atoms in total. The van der Waals surface area contributed by atoms with Crippen molar-refractivity contribution in [3.05, 3.63) is 0 Å². The van der Waals surface area contributed by atoms with Gasteiger partial charge in [-0.05, 0) is 38.5 Å². The quantitative estimate of drug-likeness (QED) is 0.713. The molecule has 2 fully saturated rings. The summed E-state index contributed by atoms with van der Waals surface area (Å²) < 4.78 is 26.4. The molecule has 5 heteroatoms. The van der Waals surface area contributed by atoms with Crippen LogP contribution in [-0.4, -0.2) is 43.6 Å². The number of nitrogens with one attached hydrogen (secondary N) is 1. The van der Waals surface area contributed by atoms with E-state index < -0.39 is 10.0 Å². The molecule has 0 heterocycles. The zero-order valence-corrected chi connectivity index (χ0v) is 11.7. The maximum atomic E-state index is 12.3. The number of sulfonamides is 1. The minimum absolute atomic E-state index is 0.304. The molecule has 0 spiro atoms. The molecule has 0 aromatic heterocycles. The summed E-state index contributed by atoms with van der Waals surface area (Å²) in [6.45, 7) is 5.68. The minimum Gasteiger partial charge on any atom is -0.313 e. The molecule has 1 unspecified atom stereocenters. The first-order chi connectivity index (χ1) is 8.04. The Kier molecular flexibility index (Phi) is 4.10. The average molecular weight is 260 g/mol. The van der Waals surface area contributed by atoms with Crippen LogP contribution >= 0.6 is 0 Å². The van der Waals surface area contributed by atoms with Crippen LogP contribution in [0.4, 0.5) is 0 Å². The van der Waals surface area contributed by atoms with E-state index >= 15 is 0 Å². The van der Waals surface area contributed by atoms with Gasteiger partial charge in [0.05, 0.1) is 5.25 Å². The van der Waals surface area contributed by atoms with Gasteiger partial charge in [0.15, 0.2) is 0 Å². The Morgan fingerprint density at radius 1 is 1.29 bits per heavy atom. The van der Waals surface area contributed by atoms with E-state index in [0.717, 1.165) is 6.54 Å². The fourth-order valence-corrected chi connectivity index (χ4v) is 3.58. The molecule has 0 amide bonds. The highest BCUT2D eigenvalue weighted by Gasteiger charge is 2.33. The molecule has 1 N–H and O–H groups in total. The summed E-state index contributed by atoms with van der Waals surface area (Å²) in [5.74, 6) is 0.619. The van der Waals surface area contributed by atoms with Crippen molar-refractivity contribution in [3.63, 3.8) is 0 Å². The largest absolute Gasteiger partial charge is 0.313 e. The lowest BCUT2D eigenvalue weighted by molar-refractivity contribution is 0.403. The summed E-state index contributed by atoms with van der Waals surface area (Å²) in [5, 5.41) is 3.00. The Morgan fingerprint density at radius 2 is 1.94 bits per heavy atom. The second kappa shape index (κ2) is 5.24. The topological polar surface area (TPSA) is 49.4 Å². The molecule has 0 saturated heterocycles. The third-order valence-corrected chi connectivity index (χ3v) is 5.96. The van der Waals surface area contributed by atoms with E-state index in [9.17, 15) is 8.42 Å². The molecule has 2 aliphatic rings. The van der Waals surface area contributed by atoms with Gasteiger partial charge >= 0.3 is 0 Å². The van der Waals surface area contributed by atoms with Crippen LogP contribution in [0, 0.1) is 5.92 Å². The van der Waals surface area contributed by atoms with Crippen LogP contribution in [0.3, 0.4) is 0 Å². The smallest absolute Gasteiger partial charge is 0.217 e. The third kappa shape index (κ3) is 3.66. The lowest BCUT2D eigenvalue weighted by atomic mass is 10.4. The molecule has 0 aromatic rings. The maximum Gasteiger partial charge on any atom is 0.217 e. The predicted molar refractivity (Wildman–Crippen MR) is 69.4 cm³/mol. The van der Waals surface area contributed by atoms with Gasteiger partial charge in [0.2, 0.25) is 10.0 Å². The molecule has 0 aromatic carbocycles. The van der Waals surface area contributed by atoms with Crippen molar-refractivity contribution in [2.45, 2.75) is 50.8 Å². The highest BCUT2D eigenvalue weighted by molar-refractivity contribution is 7.89. The van der Waals surface area contributed by atoms with Crippen molar-refractivity contribution in [1.29, 1.82) is 0 Å². The highest BCUT2D eigenvalue weighted by Crippen LogP contribution is 2.31. The van der Waals surface area contributed by atoms with E-state index in [0.29, 0.717) is 25.0 Å². The zero-order chi connectivity index (χ0) is 12.5.